The zero-order valence-corrected chi connectivity index (χ0v) is 22.8. The Hall–Kier alpha value is -4.54. The molecule has 1 atom stereocenters. The van der Waals surface area contributed by atoms with E-state index in [0.29, 0.717) is 35.9 Å². The molecule has 212 valence electrons. The second kappa shape index (κ2) is 10.5. The first-order chi connectivity index (χ1) is 19.8. The van der Waals surface area contributed by atoms with Gasteiger partial charge in [-0.2, -0.15) is 5.10 Å². The molecular formula is C30H32N6O5. The quantitative estimate of drug-likeness (QED) is 0.272. The second-order valence-electron chi connectivity index (χ2n) is 11.3. The van der Waals surface area contributed by atoms with Crippen molar-refractivity contribution < 1.29 is 19.2 Å². The van der Waals surface area contributed by atoms with Gasteiger partial charge in [0.15, 0.2) is 0 Å². The van der Waals surface area contributed by atoms with Crippen LogP contribution in [-0.2, 0) is 16.6 Å². The number of primary amides is 1. The average molecular weight is 557 g/mol. The van der Waals surface area contributed by atoms with Crippen molar-refractivity contribution in [2.75, 3.05) is 11.9 Å². The van der Waals surface area contributed by atoms with E-state index >= 15 is 0 Å². The summed E-state index contributed by atoms with van der Waals surface area (Å²) in [6, 6.07) is 7.81. The molecule has 3 heterocycles. The van der Waals surface area contributed by atoms with E-state index in [1.165, 1.54) is 0 Å². The number of nitrogens with two attached hydrogens (primary N) is 1. The maximum Gasteiger partial charge on any atom is 0.262 e. The summed E-state index contributed by atoms with van der Waals surface area (Å²) >= 11 is 0. The van der Waals surface area contributed by atoms with Gasteiger partial charge in [0.2, 0.25) is 5.91 Å². The predicted octanol–water partition coefficient (Wildman–Crippen LogP) is 2.62. The number of amides is 3. The van der Waals surface area contributed by atoms with Gasteiger partial charge < -0.3 is 20.4 Å². The SMILES string of the molecule is Cn1cccc(-c2cn(C3CC(CNc4ccc5c(c4)C(=O)N(C(CCC=O)C(N)=O)C5=O)C3)nc2C2CC2)c1=O. The highest BCUT2D eigenvalue weighted by Gasteiger charge is 2.42. The first-order valence-corrected chi connectivity index (χ1v) is 14.0. The van der Waals surface area contributed by atoms with Crippen molar-refractivity contribution in [2.24, 2.45) is 18.7 Å². The largest absolute Gasteiger partial charge is 0.385 e. The van der Waals surface area contributed by atoms with Crippen LogP contribution in [-0.4, -0.2) is 55.8 Å². The molecule has 0 radical (unpaired) electrons. The first kappa shape index (κ1) is 26.7. The molecule has 1 aliphatic heterocycles. The third-order valence-electron chi connectivity index (χ3n) is 8.43. The van der Waals surface area contributed by atoms with Crippen molar-refractivity contribution >= 4 is 29.7 Å². The van der Waals surface area contributed by atoms with E-state index in [2.05, 4.69) is 5.32 Å². The number of anilines is 1. The monoisotopic (exact) mass is 556 g/mol. The minimum atomic E-state index is -1.16. The summed E-state index contributed by atoms with van der Waals surface area (Å²) in [6.07, 6.45) is 8.49. The number of fused-ring (bicyclic) bond motifs is 1. The van der Waals surface area contributed by atoms with Crippen LogP contribution >= 0.6 is 0 Å². The molecule has 1 aromatic carbocycles. The van der Waals surface area contributed by atoms with Gasteiger partial charge in [0, 0.05) is 49.6 Å². The van der Waals surface area contributed by atoms with Crippen LogP contribution in [0.1, 0.15) is 76.9 Å². The standard InChI is InChI=1S/C30H32N6O5/c1-34-10-2-4-21(28(34)39)24-16-35(33-26(24)18-6-7-18)20-12-17(13-20)15-32-19-8-9-22-23(14-19)30(41)36(29(22)40)25(27(31)38)5-3-11-37/h2,4,8-11,14,16-18,20,25,32H,3,5-7,12-13,15H2,1H3,(H2,31,38). The fourth-order valence-electron chi connectivity index (χ4n) is 5.88. The summed E-state index contributed by atoms with van der Waals surface area (Å²) in [6.45, 7) is 0.688. The Bertz CT molecular complexity index is 1610. The van der Waals surface area contributed by atoms with Crippen molar-refractivity contribution in [3.05, 3.63) is 69.9 Å². The number of aryl methyl sites for hydroxylation is 1. The molecule has 0 saturated heterocycles. The van der Waals surface area contributed by atoms with E-state index in [0.717, 1.165) is 41.8 Å². The average Bonchev–Trinajstić information content (AvgIpc) is 3.64. The number of aldehydes is 1. The number of aromatic nitrogens is 3. The van der Waals surface area contributed by atoms with E-state index in [9.17, 15) is 24.0 Å². The van der Waals surface area contributed by atoms with Gasteiger partial charge in [0.25, 0.3) is 17.4 Å². The Kier molecular flexibility index (Phi) is 6.80. The highest BCUT2D eigenvalue weighted by atomic mass is 16.2. The zero-order valence-electron chi connectivity index (χ0n) is 22.8. The Morgan fingerprint density at radius 1 is 1.10 bits per heavy atom. The van der Waals surface area contributed by atoms with Gasteiger partial charge in [0.05, 0.1) is 28.4 Å². The lowest BCUT2D eigenvalue weighted by Gasteiger charge is -2.35. The fourth-order valence-corrected chi connectivity index (χ4v) is 5.88. The van der Waals surface area contributed by atoms with Crippen LogP contribution in [0.15, 0.2) is 47.5 Å². The lowest BCUT2D eigenvalue weighted by atomic mass is 9.80. The number of hydrogen-bond acceptors (Lipinski definition) is 7. The van der Waals surface area contributed by atoms with E-state index in [1.54, 1.807) is 36.0 Å². The third-order valence-corrected chi connectivity index (χ3v) is 8.43. The molecule has 3 amide bonds. The Balaban J connectivity index is 1.10. The van der Waals surface area contributed by atoms with Gasteiger partial charge in [0.1, 0.15) is 12.3 Å². The first-order valence-electron chi connectivity index (χ1n) is 14.0. The molecule has 2 saturated carbocycles. The molecule has 41 heavy (non-hydrogen) atoms. The van der Waals surface area contributed by atoms with E-state index < -0.39 is 23.8 Å². The molecule has 2 aromatic heterocycles. The van der Waals surface area contributed by atoms with Crippen molar-refractivity contribution in [1.29, 1.82) is 0 Å². The van der Waals surface area contributed by atoms with Crippen LogP contribution in [0.2, 0.25) is 0 Å². The number of hydrogen-bond donors (Lipinski definition) is 2. The molecular weight excluding hydrogens is 524 g/mol. The molecule has 2 aliphatic carbocycles. The minimum absolute atomic E-state index is 0.000153. The maximum atomic E-state index is 13.0. The van der Waals surface area contributed by atoms with E-state index in [-0.39, 0.29) is 35.6 Å². The number of benzene rings is 1. The maximum absolute atomic E-state index is 13.0. The smallest absolute Gasteiger partial charge is 0.262 e. The van der Waals surface area contributed by atoms with Crippen molar-refractivity contribution in [3.8, 4) is 11.1 Å². The number of imide groups is 1. The fraction of sp³-hybridized carbons (Fsp3) is 0.400. The van der Waals surface area contributed by atoms with Crippen LogP contribution in [0.4, 0.5) is 5.69 Å². The molecule has 2 fully saturated rings. The van der Waals surface area contributed by atoms with Gasteiger partial charge in [-0.25, -0.2) is 0 Å². The van der Waals surface area contributed by atoms with Crippen molar-refractivity contribution in [1.82, 2.24) is 19.2 Å². The van der Waals surface area contributed by atoms with Gasteiger partial charge in [-0.15, -0.1) is 0 Å². The Labute approximate surface area is 236 Å². The highest BCUT2D eigenvalue weighted by Crippen LogP contribution is 2.45. The molecule has 3 aromatic rings. The summed E-state index contributed by atoms with van der Waals surface area (Å²) in [5.41, 5.74) is 9.20. The number of carbonyl (C=O) groups excluding carboxylic acids is 4. The molecule has 3 N–H and O–H groups in total. The van der Waals surface area contributed by atoms with Gasteiger partial charge in [-0.1, -0.05) is 0 Å². The van der Waals surface area contributed by atoms with Crippen LogP contribution in [0.25, 0.3) is 11.1 Å². The summed E-state index contributed by atoms with van der Waals surface area (Å²) < 4.78 is 3.62. The molecule has 11 heteroatoms. The number of pyridine rings is 1. The Morgan fingerprint density at radius 2 is 1.85 bits per heavy atom. The van der Waals surface area contributed by atoms with E-state index in [1.807, 2.05) is 23.0 Å². The number of carbonyl (C=O) groups is 4. The van der Waals surface area contributed by atoms with Crippen molar-refractivity contribution in [3.63, 3.8) is 0 Å². The molecule has 0 bridgehead atoms. The molecule has 6 rings (SSSR count). The van der Waals surface area contributed by atoms with Crippen molar-refractivity contribution in [2.45, 2.75) is 56.5 Å². The summed E-state index contributed by atoms with van der Waals surface area (Å²) in [7, 11) is 1.76. The normalized spacial score (nSPS) is 20.5. The van der Waals surface area contributed by atoms with Gasteiger partial charge in [-0.3, -0.25) is 28.8 Å². The predicted molar refractivity (Wildman–Crippen MR) is 150 cm³/mol. The summed E-state index contributed by atoms with van der Waals surface area (Å²) in [5.74, 6) is -1.17. The lowest BCUT2D eigenvalue weighted by Crippen LogP contribution is -2.47. The molecule has 11 nitrogen and oxygen atoms in total. The third kappa shape index (κ3) is 4.85. The summed E-state index contributed by atoms with van der Waals surface area (Å²) in [4.78, 5) is 62.3. The number of nitrogens with zero attached hydrogens (tertiary/aromatic N) is 4. The zero-order chi connectivity index (χ0) is 28.8. The van der Waals surface area contributed by atoms with Crippen LogP contribution in [0.5, 0.6) is 0 Å². The minimum Gasteiger partial charge on any atom is -0.385 e. The van der Waals surface area contributed by atoms with Gasteiger partial charge in [-0.05, 0) is 68.4 Å². The van der Waals surface area contributed by atoms with Crippen LogP contribution in [0.3, 0.4) is 0 Å². The highest BCUT2D eigenvalue weighted by molar-refractivity contribution is 6.23. The molecule has 0 spiro atoms. The second-order valence-corrected chi connectivity index (χ2v) is 11.3. The Morgan fingerprint density at radius 3 is 2.56 bits per heavy atom. The lowest BCUT2D eigenvalue weighted by molar-refractivity contribution is -0.122. The van der Waals surface area contributed by atoms with Crippen LogP contribution < -0.4 is 16.6 Å². The topological polar surface area (TPSA) is 149 Å². The van der Waals surface area contributed by atoms with E-state index in [4.69, 9.17) is 10.8 Å². The molecule has 3 aliphatic rings. The number of rotatable bonds is 11. The number of nitrogens with one attached hydrogen (secondary N) is 1. The van der Waals surface area contributed by atoms with Gasteiger partial charge >= 0.3 is 0 Å². The molecule has 1 unspecified atom stereocenters. The summed E-state index contributed by atoms with van der Waals surface area (Å²) in [5, 5.41) is 8.30. The van der Waals surface area contributed by atoms with Crippen LogP contribution in [0, 0.1) is 5.92 Å².